The summed E-state index contributed by atoms with van der Waals surface area (Å²) in [6, 6.07) is 14.8. The van der Waals surface area contributed by atoms with Gasteiger partial charge in [0.05, 0.1) is 6.61 Å². The number of nitrogens with one attached hydrogen (secondary N) is 2. The van der Waals surface area contributed by atoms with Crippen LogP contribution >= 0.6 is 11.6 Å². The second kappa shape index (κ2) is 9.37. The van der Waals surface area contributed by atoms with Gasteiger partial charge in [-0.2, -0.15) is 0 Å². The van der Waals surface area contributed by atoms with Crippen LogP contribution in [0.5, 0.6) is 5.75 Å². The van der Waals surface area contributed by atoms with Gasteiger partial charge in [-0.1, -0.05) is 29.8 Å². The summed E-state index contributed by atoms with van der Waals surface area (Å²) < 4.78 is 30.9. The standard InChI is InChI=1S/C23H29ClN2O3S/c1-25-22-14-17-6-7-19(29-11-10-23(8-3-9-23)26-30(27)28)15-20(17)21(22)13-16-4-2-5-18(24)12-16/h2,4-7,12,15,21-22,25-26H,3,8-11,13-14H2,1H3,(H,27,28)/p-1. The molecule has 4 rings (SSSR count). The van der Waals surface area contributed by atoms with Crippen LogP contribution in [0, 0.1) is 0 Å². The third kappa shape index (κ3) is 4.89. The molecule has 1 fully saturated rings. The molecular formula is C23H28ClN2O3S-. The minimum Gasteiger partial charge on any atom is -0.760 e. The largest absolute Gasteiger partial charge is 0.760 e. The molecule has 0 spiro atoms. The van der Waals surface area contributed by atoms with E-state index in [2.05, 4.69) is 28.2 Å². The molecule has 0 aromatic heterocycles. The van der Waals surface area contributed by atoms with Gasteiger partial charge in [-0.3, -0.25) is 4.21 Å². The van der Waals surface area contributed by atoms with Gasteiger partial charge in [-0.15, -0.1) is 0 Å². The lowest BCUT2D eigenvalue weighted by atomic mass is 9.75. The summed E-state index contributed by atoms with van der Waals surface area (Å²) in [5.41, 5.74) is 3.59. The Balaban J connectivity index is 1.45. The third-order valence-electron chi connectivity index (χ3n) is 6.62. The smallest absolute Gasteiger partial charge is 0.119 e. The molecule has 2 aliphatic rings. The first-order valence-corrected chi connectivity index (χ1v) is 12.0. The van der Waals surface area contributed by atoms with Crippen LogP contribution in [0.1, 0.15) is 48.3 Å². The van der Waals surface area contributed by atoms with Crippen molar-refractivity contribution in [1.29, 1.82) is 0 Å². The van der Waals surface area contributed by atoms with Gasteiger partial charge in [-0.25, -0.2) is 4.72 Å². The summed E-state index contributed by atoms with van der Waals surface area (Å²) >= 11 is 3.95. The molecule has 2 aromatic rings. The Bertz CT molecular complexity index is 919. The van der Waals surface area contributed by atoms with E-state index < -0.39 is 11.3 Å². The molecule has 30 heavy (non-hydrogen) atoms. The molecule has 0 heterocycles. The highest BCUT2D eigenvalue weighted by molar-refractivity contribution is 7.77. The summed E-state index contributed by atoms with van der Waals surface area (Å²) in [6.45, 7) is 0.497. The first-order chi connectivity index (χ1) is 14.5. The van der Waals surface area contributed by atoms with E-state index in [1.54, 1.807) is 0 Å². The molecule has 3 unspecified atom stereocenters. The van der Waals surface area contributed by atoms with Crippen molar-refractivity contribution in [2.75, 3.05) is 13.7 Å². The first-order valence-electron chi connectivity index (χ1n) is 10.5. The van der Waals surface area contributed by atoms with Crippen LogP contribution in [0.3, 0.4) is 0 Å². The van der Waals surface area contributed by atoms with Crippen molar-refractivity contribution in [3.8, 4) is 5.75 Å². The Morgan fingerprint density at radius 1 is 1.27 bits per heavy atom. The molecule has 7 heteroatoms. The maximum atomic E-state index is 11.1. The zero-order valence-electron chi connectivity index (χ0n) is 17.2. The fourth-order valence-electron chi connectivity index (χ4n) is 4.81. The SMILES string of the molecule is CNC1Cc2ccc(OCCC3(NS(=O)[O-])CCC3)cc2C1Cc1cccc(Cl)c1. The Hall–Kier alpha value is -1.44. The predicted molar refractivity (Wildman–Crippen MR) is 120 cm³/mol. The molecule has 0 radical (unpaired) electrons. The van der Waals surface area contributed by atoms with E-state index in [0.717, 1.165) is 42.9 Å². The maximum Gasteiger partial charge on any atom is 0.119 e. The lowest BCUT2D eigenvalue weighted by Gasteiger charge is -2.43. The molecule has 162 valence electrons. The van der Waals surface area contributed by atoms with Crippen molar-refractivity contribution in [1.82, 2.24) is 10.0 Å². The van der Waals surface area contributed by atoms with Crippen LogP contribution in [0.4, 0.5) is 0 Å². The molecule has 2 N–H and O–H groups in total. The summed E-state index contributed by atoms with van der Waals surface area (Å²) in [7, 11) is 2.02. The Morgan fingerprint density at radius 3 is 2.77 bits per heavy atom. The van der Waals surface area contributed by atoms with Crippen molar-refractivity contribution >= 4 is 22.9 Å². The van der Waals surface area contributed by atoms with Gasteiger partial charge in [0, 0.05) is 40.2 Å². The van der Waals surface area contributed by atoms with Crippen molar-refractivity contribution in [2.24, 2.45) is 0 Å². The molecule has 5 nitrogen and oxygen atoms in total. The van der Waals surface area contributed by atoms with Crippen molar-refractivity contribution in [3.05, 3.63) is 64.2 Å². The van der Waals surface area contributed by atoms with Crippen molar-refractivity contribution < 1.29 is 13.5 Å². The van der Waals surface area contributed by atoms with E-state index in [-0.39, 0.29) is 5.54 Å². The molecule has 2 aromatic carbocycles. The molecule has 1 saturated carbocycles. The van der Waals surface area contributed by atoms with Gasteiger partial charge in [0.1, 0.15) is 5.75 Å². The van der Waals surface area contributed by atoms with Crippen LogP contribution in [0.2, 0.25) is 5.02 Å². The molecule has 0 bridgehead atoms. The lowest BCUT2D eigenvalue weighted by Crippen LogP contribution is -2.52. The molecule has 0 saturated heterocycles. The van der Waals surface area contributed by atoms with Crippen LogP contribution in [-0.4, -0.2) is 34.0 Å². The summed E-state index contributed by atoms with van der Waals surface area (Å²) in [5.74, 6) is 1.20. The van der Waals surface area contributed by atoms with Gasteiger partial charge in [-0.05, 0) is 80.1 Å². The highest BCUT2D eigenvalue weighted by Crippen LogP contribution is 2.39. The monoisotopic (exact) mass is 447 g/mol. The van der Waals surface area contributed by atoms with Gasteiger partial charge in [0.25, 0.3) is 0 Å². The van der Waals surface area contributed by atoms with Crippen molar-refractivity contribution in [3.63, 3.8) is 0 Å². The number of rotatable bonds is 9. The lowest BCUT2D eigenvalue weighted by molar-refractivity contribution is 0.164. The topological polar surface area (TPSA) is 73.4 Å². The van der Waals surface area contributed by atoms with E-state index in [9.17, 15) is 8.76 Å². The van der Waals surface area contributed by atoms with Gasteiger partial charge < -0.3 is 14.6 Å². The molecule has 2 aliphatic carbocycles. The Morgan fingerprint density at radius 2 is 2.10 bits per heavy atom. The summed E-state index contributed by atoms with van der Waals surface area (Å²) in [6.07, 6.45) is 5.41. The highest BCUT2D eigenvalue weighted by Gasteiger charge is 2.37. The maximum absolute atomic E-state index is 11.1. The number of hydrogen-bond acceptors (Lipinski definition) is 4. The zero-order valence-corrected chi connectivity index (χ0v) is 18.7. The predicted octanol–water partition coefficient (Wildman–Crippen LogP) is 3.89. The fraction of sp³-hybridized carbons (Fsp3) is 0.478. The first kappa shape index (κ1) is 21.8. The normalized spacial score (nSPS) is 22.9. The minimum atomic E-state index is -2.23. The molecular weight excluding hydrogens is 420 g/mol. The van der Waals surface area contributed by atoms with E-state index in [0.29, 0.717) is 25.0 Å². The Kier molecular flexibility index (Phi) is 6.80. The summed E-state index contributed by atoms with van der Waals surface area (Å²) in [4.78, 5) is 0. The minimum absolute atomic E-state index is 0.324. The zero-order chi connectivity index (χ0) is 21.1. The van der Waals surface area contributed by atoms with Crippen LogP contribution in [0.15, 0.2) is 42.5 Å². The van der Waals surface area contributed by atoms with E-state index in [1.807, 2.05) is 31.3 Å². The second-order valence-corrected chi connectivity index (χ2v) is 9.58. The average Bonchev–Trinajstić information content (AvgIpc) is 3.03. The average molecular weight is 448 g/mol. The van der Waals surface area contributed by atoms with Crippen LogP contribution in [-0.2, 0) is 24.1 Å². The second-order valence-electron chi connectivity index (χ2n) is 8.47. The van der Waals surface area contributed by atoms with Gasteiger partial charge in [0.15, 0.2) is 0 Å². The van der Waals surface area contributed by atoms with Gasteiger partial charge in [0.2, 0.25) is 0 Å². The van der Waals surface area contributed by atoms with E-state index in [4.69, 9.17) is 16.3 Å². The Labute approximate surface area is 186 Å². The highest BCUT2D eigenvalue weighted by atomic mass is 35.5. The fourth-order valence-corrected chi connectivity index (χ4v) is 5.68. The van der Waals surface area contributed by atoms with Crippen LogP contribution in [0.25, 0.3) is 0 Å². The number of fused-ring (bicyclic) bond motifs is 1. The molecule has 0 aliphatic heterocycles. The molecule has 0 amide bonds. The third-order valence-corrected chi connectivity index (χ3v) is 7.45. The quantitative estimate of drug-likeness (QED) is 0.572. The summed E-state index contributed by atoms with van der Waals surface area (Å²) in [5, 5.41) is 4.24. The van der Waals surface area contributed by atoms with E-state index >= 15 is 0 Å². The van der Waals surface area contributed by atoms with Crippen molar-refractivity contribution in [2.45, 2.75) is 56.0 Å². The number of benzene rings is 2. The van der Waals surface area contributed by atoms with Crippen LogP contribution < -0.4 is 14.8 Å². The number of likely N-dealkylation sites (N-methyl/N-ethyl adjacent to an activating group) is 1. The number of halogens is 1. The van der Waals surface area contributed by atoms with E-state index in [1.165, 1.54) is 16.7 Å². The number of ether oxygens (including phenoxy) is 1. The molecule has 3 atom stereocenters. The number of hydrogen-bond donors (Lipinski definition) is 2. The van der Waals surface area contributed by atoms with Gasteiger partial charge >= 0.3 is 0 Å².